The van der Waals surface area contributed by atoms with E-state index < -0.39 is 11.7 Å². The maximum atomic E-state index is 12.8. The fraction of sp³-hybridized carbons (Fsp3) is 0.526. The van der Waals surface area contributed by atoms with E-state index in [0.717, 1.165) is 43.9 Å². The van der Waals surface area contributed by atoms with E-state index in [0.29, 0.717) is 10.9 Å². The van der Waals surface area contributed by atoms with Gasteiger partial charge in [0, 0.05) is 23.8 Å². The fourth-order valence-electron chi connectivity index (χ4n) is 2.72. The summed E-state index contributed by atoms with van der Waals surface area (Å²) in [5.41, 5.74) is 0.507. The number of anilines is 1. The average Bonchev–Trinajstić information content (AvgIpc) is 2.59. The predicted octanol–water partition coefficient (Wildman–Crippen LogP) is 5.23. The monoisotopic (exact) mass is 353 g/mol. The molecule has 3 nitrogen and oxygen atoms in total. The van der Waals surface area contributed by atoms with Crippen LogP contribution in [0.1, 0.15) is 44.6 Å². The molecule has 2 rings (SSSR count). The lowest BCUT2D eigenvalue weighted by molar-refractivity contribution is -0.137. The number of aromatic nitrogens is 1. The summed E-state index contributed by atoms with van der Waals surface area (Å²) in [5, 5.41) is 7.42. The third kappa shape index (κ3) is 6.20. The van der Waals surface area contributed by atoms with Gasteiger partial charge in [0.05, 0.1) is 11.1 Å². The molecule has 1 aromatic carbocycles. The van der Waals surface area contributed by atoms with E-state index in [9.17, 15) is 13.2 Å². The van der Waals surface area contributed by atoms with Crippen LogP contribution in [0.4, 0.5) is 18.9 Å². The zero-order valence-electron chi connectivity index (χ0n) is 14.6. The molecule has 0 radical (unpaired) electrons. The van der Waals surface area contributed by atoms with Gasteiger partial charge in [0.15, 0.2) is 0 Å². The van der Waals surface area contributed by atoms with Crippen LogP contribution in [0.5, 0.6) is 0 Å². The molecule has 0 spiro atoms. The second-order valence-corrected chi connectivity index (χ2v) is 6.18. The number of benzene rings is 1. The number of nitrogens with one attached hydrogen (secondary N) is 2. The van der Waals surface area contributed by atoms with Crippen molar-refractivity contribution in [2.24, 2.45) is 0 Å². The van der Waals surface area contributed by atoms with Gasteiger partial charge in [-0.15, -0.1) is 0 Å². The second kappa shape index (κ2) is 9.61. The van der Waals surface area contributed by atoms with Crippen molar-refractivity contribution in [3.05, 3.63) is 36.0 Å². The van der Waals surface area contributed by atoms with E-state index in [-0.39, 0.29) is 0 Å². The lowest BCUT2D eigenvalue weighted by Gasteiger charge is -2.12. The third-order valence-corrected chi connectivity index (χ3v) is 4.12. The smallest absolute Gasteiger partial charge is 0.384 e. The van der Waals surface area contributed by atoms with Crippen LogP contribution in [0.3, 0.4) is 0 Å². The van der Waals surface area contributed by atoms with Crippen LogP contribution in [0.25, 0.3) is 10.9 Å². The summed E-state index contributed by atoms with van der Waals surface area (Å²) < 4.78 is 38.4. The maximum Gasteiger partial charge on any atom is 0.416 e. The number of rotatable bonds is 10. The van der Waals surface area contributed by atoms with E-state index in [1.807, 2.05) is 0 Å². The van der Waals surface area contributed by atoms with Gasteiger partial charge < -0.3 is 10.6 Å². The molecular weight excluding hydrogens is 327 g/mol. The minimum absolute atomic E-state index is 0.355. The van der Waals surface area contributed by atoms with E-state index in [1.54, 1.807) is 6.07 Å². The topological polar surface area (TPSA) is 37.0 Å². The summed E-state index contributed by atoms with van der Waals surface area (Å²) in [5.74, 6) is 0. The summed E-state index contributed by atoms with van der Waals surface area (Å²) in [6.07, 6.45) is 3.16. The predicted molar refractivity (Wildman–Crippen MR) is 96.9 cm³/mol. The Balaban J connectivity index is 1.81. The Labute approximate surface area is 147 Å². The van der Waals surface area contributed by atoms with Crippen molar-refractivity contribution in [3.8, 4) is 0 Å². The fourth-order valence-corrected chi connectivity index (χ4v) is 2.72. The highest BCUT2D eigenvalue weighted by atomic mass is 19.4. The van der Waals surface area contributed by atoms with E-state index in [4.69, 9.17) is 0 Å². The van der Waals surface area contributed by atoms with Crippen molar-refractivity contribution in [3.63, 3.8) is 0 Å². The quantitative estimate of drug-likeness (QED) is 0.575. The molecule has 138 valence electrons. The number of nitrogens with zero attached hydrogens (tertiary/aromatic N) is 1. The highest BCUT2D eigenvalue weighted by Gasteiger charge is 2.30. The molecule has 2 N–H and O–H groups in total. The molecular formula is C19H26F3N3. The van der Waals surface area contributed by atoms with Crippen LogP contribution in [-0.2, 0) is 6.18 Å². The molecule has 0 aliphatic carbocycles. The van der Waals surface area contributed by atoms with Crippen LogP contribution in [0.15, 0.2) is 30.5 Å². The van der Waals surface area contributed by atoms with Gasteiger partial charge in [-0.2, -0.15) is 13.2 Å². The summed E-state index contributed by atoms with van der Waals surface area (Å²) >= 11 is 0. The Hall–Kier alpha value is -1.82. The lowest BCUT2D eigenvalue weighted by atomic mass is 10.1. The molecule has 2 aromatic rings. The molecule has 1 heterocycles. The SMILES string of the molecule is CCCCCCNCCCNc1ccnc2cc(C(F)(F)F)ccc12. The molecule has 6 heteroatoms. The van der Waals surface area contributed by atoms with Crippen molar-refractivity contribution < 1.29 is 13.2 Å². The minimum atomic E-state index is -4.35. The molecule has 0 aliphatic rings. The van der Waals surface area contributed by atoms with Crippen LogP contribution in [0, 0.1) is 0 Å². The van der Waals surface area contributed by atoms with Crippen LogP contribution >= 0.6 is 0 Å². The Kier molecular flexibility index (Phi) is 7.50. The van der Waals surface area contributed by atoms with Crippen molar-refractivity contribution >= 4 is 16.6 Å². The standard InChI is InChI=1S/C19H26F3N3/c1-2-3-4-5-10-23-11-6-12-24-17-9-13-25-18-14-15(19(20,21)22)7-8-16(17)18/h7-9,13-14,23H,2-6,10-12H2,1H3,(H,24,25). The summed E-state index contributed by atoms with van der Waals surface area (Å²) in [4.78, 5) is 4.06. The largest absolute Gasteiger partial charge is 0.416 e. The number of unbranched alkanes of at least 4 members (excludes halogenated alkanes) is 3. The number of hydrogen-bond acceptors (Lipinski definition) is 3. The van der Waals surface area contributed by atoms with Crippen molar-refractivity contribution in [1.29, 1.82) is 0 Å². The van der Waals surface area contributed by atoms with E-state index in [2.05, 4.69) is 22.5 Å². The van der Waals surface area contributed by atoms with Crippen LogP contribution in [-0.4, -0.2) is 24.6 Å². The molecule has 0 amide bonds. The Morgan fingerprint density at radius 1 is 0.960 bits per heavy atom. The number of alkyl halides is 3. The normalized spacial score (nSPS) is 11.8. The molecule has 0 atom stereocenters. The van der Waals surface area contributed by atoms with Gasteiger partial charge in [0.25, 0.3) is 0 Å². The first-order valence-electron chi connectivity index (χ1n) is 8.93. The first kappa shape index (κ1) is 19.5. The number of halogens is 3. The van der Waals surface area contributed by atoms with Gasteiger partial charge in [-0.1, -0.05) is 32.3 Å². The first-order chi connectivity index (χ1) is 12.0. The minimum Gasteiger partial charge on any atom is -0.384 e. The Morgan fingerprint density at radius 3 is 2.52 bits per heavy atom. The molecule has 0 saturated carbocycles. The van der Waals surface area contributed by atoms with Gasteiger partial charge in [-0.3, -0.25) is 4.98 Å². The lowest BCUT2D eigenvalue weighted by Crippen LogP contribution is -2.19. The number of pyridine rings is 1. The first-order valence-corrected chi connectivity index (χ1v) is 8.93. The molecule has 25 heavy (non-hydrogen) atoms. The van der Waals surface area contributed by atoms with Crippen molar-refractivity contribution in [1.82, 2.24) is 10.3 Å². The van der Waals surface area contributed by atoms with Crippen LogP contribution in [0.2, 0.25) is 0 Å². The van der Waals surface area contributed by atoms with Gasteiger partial charge in [-0.25, -0.2) is 0 Å². The summed E-state index contributed by atoms with van der Waals surface area (Å²) in [7, 11) is 0. The van der Waals surface area contributed by atoms with Gasteiger partial charge in [0.2, 0.25) is 0 Å². The molecule has 0 aliphatic heterocycles. The maximum absolute atomic E-state index is 12.8. The highest BCUT2D eigenvalue weighted by Crippen LogP contribution is 2.32. The molecule has 1 aromatic heterocycles. The molecule has 0 saturated heterocycles. The van der Waals surface area contributed by atoms with Gasteiger partial charge in [-0.05, 0) is 44.1 Å². The summed E-state index contributed by atoms with van der Waals surface area (Å²) in [6.45, 7) is 4.94. The Bertz CT molecular complexity index is 656. The highest BCUT2D eigenvalue weighted by molar-refractivity contribution is 5.91. The zero-order valence-corrected chi connectivity index (χ0v) is 14.6. The Morgan fingerprint density at radius 2 is 1.76 bits per heavy atom. The molecule has 0 bridgehead atoms. The van der Waals surface area contributed by atoms with E-state index >= 15 is 0 Å². The second-order valence-electron chi connectivity index (χ2n) is 6.18. The van der Waals surface area contributed by atoms with E-state index in [1.165, 1.54) is 37.9 Å². The number of hydrogen-bond donors (Lipinski definition) is 2. The molecule has 0 unspecified atom stereocenters. The summed E-state index contributed by atoms with van der Waals surface area (Å²) in [6, 6.07) is 5.48. The van der Waals surface area contributed by atoms with Gasteiger partial charge >= 0.3 is 6.18 Å². The van der Waals surface area contributed by atoms with Gasteiger partial charge in [0.1, 0.15) is 0 Å². The van der Waals surface area contributed by atoms with Crippen LogP contribution < -0.4 is 10.6 Å². The van der Waals surface area contributed by atoms with Crippen molar-refractivity contribution in [2.45, 2.75) is 45.2 Å². The average molecular weight is 353 g/mol. The molecule has 0 fully saturated rings. The number of fused-ring (bicyclic) bond motifs is 1. The third-order valence-electron chi connectivity index (χ3n) is 4.12. The van der Waals surface area contributed by atoms with Crippen molar-refractivity contribution in [2.75, 3.05) is 25.0 Å². The zero-order chi connectivity index (χ0) is 18.1.